The minimum absolute atomic E-state index is 0.0586. The van der Waals surface area contributed by atoms with Gasteiger partial charge in [0.1, 0.15) is 0 Å². The number of carbonyl (C=O) groups excluding carboxylic acids is 1. The van der Waals surface area contributed by atoms with Crippen LogP contribution in [-0.2, 0) is 11.2 Å². The SMILES string of the molecule is CCc1cc2cccc(C#CCNC(=O)C3CCCCC3)c2c(=O)n1-c1ccccc1. The van der Waals surface area contributed by atoms with Crippen LogP contribution in [0.15, 0.2) is 59.4 Å². The molecule has 2 aromatic carbocycles. The smallest absolute Gasteiger partial charge is 0.264 e. The third-order valence-electron chi connectivity index (χ3n) is 6.05. The predicted octanol–water partition coefficient (Wildman–Crippen LogP) is 4.60. The monoisotopic (exact) mass is 412 g/mol. The van der Waals surface area contributed by atoms with E-state index < -0.39 is 0 Å². The van der Waals surface area contributed by atoms with Crippen molar-refractivity contribution in [3.05, 3.63) is 76.2 Å². The minimum Gasteiger partial charge on any atom is -0.345 e. The fraction of sp³-hybridized carbons (Fsp3) is 0.333. The molecule has 1 amide bonds. The van der Waals surface area contributed by atoms with Crippen LogP contribution in [0.4, 0.5) is 0 Å². The van der Waals surface area contributed by atoms with E-state index in [0.717, 1.165) is 48.9 Å². The van der Waals surface area contributed by atoms with Gasteiger partial charge in [-0.1, -0.05) is 68.4 Å². The summed E-state index contributed by atoms with van der Waals surface area (Å²) >= 11 is 0. The molecule has 4 heteroatoms. The fourth-order valence-electron chi connectivity index (χ4n) is 4.42. The molecule has 0 spiro atoms. The molecular weight excluding hydrogens is 384 g/mol. The van der Waals surface area contributed by atoms with Crippen molar-refractivity contribution in [3.8, 4) is 17.5 Å². The van der Waals surface area contributed by atoms with Gasteiger partial charge >= 0.3 is 0 Å². The van der Waals surface area contributed by atoms with E-state index in [0.29, 0.717) is 17.5 Å². The molecule has 158 valence electrons. The summed E-state index contributed by atoms with van der Waals surface area (Å²) in [7, 11) is 0. The Balaban J connectivity index is 1.64. The summed E-state index contributed by atoms with van der Waals surface area (Å²) in [5, 5.41) is 4.46. The lowest BCUT2D eigenvalue weighted by Crippen LogP contribution is -2.32. The van der Waals surface area contributed by atoms with E-state index in [4.69, 9.17) is 0 Å². The van der Waals surface area contributed by atoms with Crippen molar-refractivity contribution in [1.29, 1.82) is 0 Å². The number of amides is 1. The summed E-state index contributed by atoms with van der Waals surface area (Å²) in [4.78, 5) is 25.8. The molecule has 3 aromatic rings. The Morgan fingerprint density at radius 3 is 2.58 bits per heavy atom. The van der Waals surface area contributed by atoms with Gasteiger partial charge in [0.05, 0.1) is 11.9 Å². The molecule has 1 saturated carbocycles. The number of rotatable bonds is 4. The summed E-state index contributed by atoms with van der Waals surface area (Å²) in [5.74, 6) is 6.40. The third kappa shape index (κ3) is 4.56. The number of aryl methyl sites for hydroxylation is 1. The van der Waals surface area contributed by atoms with E-state index in [1.807, 2.05) is 48.5 Å². The van der Waals surface area contributed by atoms with Gasteiger partial charge in [-0.05, 0) is 48.9 Å². The van der Waals surface area contributed by atoms with Crippen LogP contribution in [0.2, 0.25) is 0 Å². The Kier molecular flexibility index (Phi) is 6.52. The van der Waals surface area contributed by atoms with E-state index in [1.54, 1.807) is 4.57 Å². The molecule has 1 aliphatic carbocycles. The number of carbonyl (C=O) groups is 1. The average Bonchev–Trinajstić information content (AvgIpc) is 2.82. The molecule has 1 aliphatic rings. The molecule has 0 atom stereocenters. The summed E-state index contributed by atoms with van der Waals surface area (Å²) in [6.45, 7) is 2.35. The lowest BCUT2D eigenvalue weighted by atomic mass is 9.89. The highest BCUT2D eigenvalue weighted by Crippen LogP contribution is 2.23. The van der Waals surface area contributed by atoms with Crippen LogP contribution in [-0.4, -0.2) is 17.0 Å². The van der Waals surface area contributed by atoms with Crippen LogP contribution in [0, 0.1) is 17.8 Å². The Morgan fingerprint density at radius 1 is 1.06 bits per heavy atom. The molecule has 0 aliphatic heterocycles. The van der Waals surface area contributed by atoms with E-state index in [2.05, 4.69) is 30.1 Å². The summed E-state index contributed by atoms with van der Waals surface area (Å²) < 4.78 is 1.78. The highest BCUT2D eigenvalue weighted by molar-refractivity contribution is 5.88. The first-order chi connectivity index (χ1) is 15.2. The molecule has 1 N–H and O–H groups in total. The van der Waals surface area contributed by atoms with Crippen LogP contribution in [0.3, 0.4) is 0 Å². The van der Waals surface area contributed by atoms with Gasteiger partial charge < -0.3 is 5.32 Å². The molecule has 0 saturated heterocycles. The van der Waals surface area contributed by atoms with Crippen LogP contribution in [0.5, 0.6) is 0 Å². The highest BCUT2D eigenvalue weighted by atomic mass is 16.2. The maximum atomic E-state index is 13.5. The van der Waals surface area contributed by atoms with E-state index in [1.165, 1.54) is 6.42 Å². The highest BCUT2D eigenvalue weighted by Gasteiger charge is 2.20. The zero-order chi connectivity index (χ0) is 21.6. The molecule has 1 fully saturated rings. The number of pyridine rings is 1. The van der Waals surface area contributed by atoms with Crippen LogP contribution < -0.4 is 10.9 Å². The second-order valence-corrected chi connectivity index (χ2v) is 8.09. The summed E-state index contributed by atoms with van der Waals surface area (Å²) in [6, 6.07) is 17.5. The fourth-order valence-corrected chi connectivity index (χ4v) is 4.42. The van der Waals surface area contributed by atoms with Gasteiger partial charge in [-0.25, -0.2) is 0 Å². The molecule has 0 bridgehead atoms. The molecule has 31 heavy (non-hydrogen) atoms. The number of aromatic nitrogens is 1. The number of fused-ring (bicyclic) bond motifs is 1. The molecule has 1 heterocycles. The van der Waals surface area contributed by atoms with Gasteiger partial charge in [0.15, 0.2) is 0 Å². The van der Waals surface area contributed by atoms with Crippen molar-refractivity contribution in [2.75, 3.05) is 6.54 Å². The van der Waals surface area contributed by atoms with Gasteiger partial charge in [0, 0.05) is 22.9 Å². The van der Waals surface area contributed by atoms with Crippen molar-refractivity contribution in [1.82, 2.24) is 9.88 Å². The van der Waals surface area contributed by atoms with Gasteiger partial charge in [-0.15, -0.1) is 0 Å². The normalized spacial score (nSPS) is 14.1. The Bertz CT molecular complexity index is 1190. The zero-order valence-electron chi connectivity index (χ0n) is 18.0. The zero-order valence-corrected chi connectivity index (χ0v) is 18.0. The number of nitrogens with one attached hydrogen (secondary N) is 1. The maximum Gasteiger partial charge on any atom is 0.264 e. The van der Waals surface area contributed by atoms with Crippen LogP contribution in [0.25, 0.3) is 16.5 Å². The second kappa shape index (κ2) is 9.66. The number of hydrogen-bond donors (Lipinski definition) is 1. The largest absolute Gasteiger partial charge is 0.345 e. The first kappa shape index (κ1) is 20.9. The summed E-state index contributed by atoms with van der Waals surface area (Å²) in [6.07, 6.45) is 6.19. The predicted molar refractivity (Wildman–Crippen MR) is 125 cm³/mol. The average molecular weight is 413 g/mol. The number of hydrogen-bond acceptors (Lipinski definition) is 2. The molecule has 0 unspecified atom stereocenters. The van der Waals surface area contributed by atoms with Gasteiger partial charge in [0.25, 0.3) is 5.56 Å². The van der Waals surface area contributed by atoms with E-state index in [9.17, 15) is 9.59 Å². The van der Waals surface area contributed by atoms with E-state index in [-0.39, 0.29) is 17.4 Å². The van der Waals surface area contributed by atoms with Gasteiger partial charge in [0.2, 0.25) is 5.91 Å². The first-order valence-electron chi connectivity index (χ1n) is 11.2. The quantitative estimate of drug-likeness (QED) is 0.637. The summed E-state index contributed by atoms with van der Waals surface area (Å²) in [5.41, 5.74) is 2.46. The third-order valence-corrected chi connectivity index (χ3v) is 6.05. The number of benzene rings is 2. The molecular formula is C27H28N2O2. The van der Waals surface area contributed by atoms with Gasteiger partial charge in [-0.3, -0.25) is 14.2 Å². The minimum atomic E-state index is -0.0586. The number of nitrogens with zero attached hydrogens (tertiary/aromatic N) is 1. The van der Waals surface area contributed by atoms with Crippen molar-refractivity contribution in [3.63, 3.8) is 0 Å². The lowest BCUT2D eigenvalue weighted by molar-refractivity contribution is -0.125. The van der Waals surface area contributed by atoms with Crippen molar-refractivity contribution in [2.24, 2.45) is 5.92 Å². The van der Waals surface area contributed by atoms with Crippen LogP contribution >= 0.6 is 0 Å². The lowest BCUT2D eigenvalue weighted by Gasteiger charge is -2.19. The van der Waals surface area contributed by atoms with Gasteiger partial charge in [-0.2, -0.15) is 0 Å². The van der Waals surface area contributed by atoms with E-state index >= 15 is 0 Å². The first-order valence-corrected chi connectivity index (χ1v) is 11.2. The van der Waals surface area contributed by atoms with Crippen molar-refractivity contribution >= 4 is 16.7 Å². The maximum absolute atomic E-state index is 13.5. The Labute approximate surface area is 183 Å². The Hall–Kier alpha value is -3.32. The van der Waals surface area contributed by atoms with Crippen LogP contribution in [0.1, 0.15) is 50.3 Å². The Morgan fingerprint density at radius 2 is 1.84 bits per heavy atom. The second-order valence-electron chi connectivity index (χ2n) is 8.09. The molecule has 4 nitrogen and oxygen atoms in total. The topological polar surface area (TPSA) is 51.1 Å². The molecule has 1 aromatic heterocycles. The van der Waals surface area contributed by atoms with Crippen molar-refractivity contribution in [2.45, 2.75) is 45.4 Å². The standard InChI is InChI=1S/C27H28N2O2/c1-2-23-19-22-14-9-13-20(15-10-18-28-26(30)21-11-5-3-6-12-21)25(22)27(31)29(23)24-16-7-4-8-17-24/h4,7-9,13-14,16-17,19,21H,2-3,5-6,11-12,18H2,1H3,(H,28,30). The van der Waals surface area contributed by atoms with Crippen molar-refractivity contribution < 1.29 is 4.79 Å². The molecule has 4 rings (SSSR count). The number of para-hydroxylation sites is 1. The molecule has 0 radical (unpaired) electrons.